The van der Waals surface area contributed by atoms with Crippen LogP contribution in [0.3, 0.4) is 0 Å². The molecule has 4 heteroatoms. The Bertz CT molecular complexity index is 564. The van der Waals surface area contributed by atoms with Crippen molar-refractivity contribution in [3.05, 3.63) is 23.3 Å². The fraction of sp³-hybridized carbons (Fsp3) is 0.632. The van der Waals surface area contributed by atoms with Crippen molar-refractivity contribution in [2.24, 2.45) is 4.99 Å². The van der Waals surface area contributed by atoms with E-state index in [4.69, 9.17) is 19.2 Å². The highest BCUT2D eigenvalue weighted by Crippen LogP contribution is 2.36. The SMILES string of the molecule is CCCCCOc1c(OC)ccc(C2=NC(C)(C)CO2)c1CC. The molecular weight excluding hydrogens is 290 g/mol. The van der Waals surface area contributed by atoms with Gasteiger partial charge in [0, 0.05) is 11.1 Å². The average molecular weight is 319 g/mol. The summed E-state index contributed by atoms with van der Waals surface area (Å²) in [6.07, 6.45) is 4.25. The van der Waals surface area contributed by atoms with E-state index in [0.717, 1.165) is 35.5 Å². The number of hydrogen-bond donors (Lipinski definition) is 0. The zero-order chi connectivity index (χ0) is 16.9. The first-order valence-corrected chi connectivity index (χ1v) is 8.58. The Morgan fingerprint density at radius 1 is 1.22 bits per heavy atom. The van der Waals surface area contributed by atoms with Crippen LogP contribution < -0.4 is 9.47 Å². The summed E-state index contributed by atoms with van der Waals surface area (Å²) < 4.78 is 17.4. The molecule has 4 nitrogen and oxygen atoms in total. The summed E-state index contributed by atoms with van der Waals surface area (Å²) in [5, 5.41) is 0. The van der Waals surface area contributed by atoms with Crippen LogP contribution in [0.4, 0.5) is 0 Å². The van der Waals surface area contributed by atoms with E-state index in [-0.39, 0.29) is 5.54 Å². The standard InChI is InChI=1S/C19H29NO3/c1-6-8-9-12-22-17-14(7-2)15(10-11-16(17)21-5)18-20-19(3,4)13-23-18/h10-11H,6-9,12-13H2,1-5H3. The first kappa shape index (κ1) is 17.6. The minimum Gasteiger partial charge on any atom is -0.493 e. The molecule has 0 N–H and O–H groups in total. The average Bonchev–Trinajstić information content (AvgIpc) is 2.90. The van der Waals surface area contributed by atoms with Crippen LogP contribution in [0.2, 0.25) is 0 Å². The molecule has 0 amide bonds. The van der Waals surface area contributed by atoms with Crippen molar-refractivity contribution in [3.63, 3.8) is 0 Å². The van der Waals surface area contributed by atoms with Crippen molar-refractivity contribution in [2.75, 3.05) is 20.3 Å². The highest BCUT2D eigenvalue weighted by molar-refractivity contribution is 5.98. The zero-order valence-electron chi connectivity index (χ0n) is 15.1. The van der Waals surface area contributed by atoms with Crippen LogP contribution in [0.1, 0.15) is 58.1 Å². The van der Waals surface area contributed by atoms with E-state index in [1.807, 2.05) is 12.1 Å². The molecule has 1 aromatic carbocycles. The lowest BCUT2D eigenvalue weighted by atomic mass is 10.0. The Kier molecular flexibility index (Phi) is 5.91. The van der Waals surface area contributed by atoms with Crippen molar-refractivity contribution in [3.8, 4) is 11.5 Å². The number of benzene rings is 1. The van der Waals surface area contributed by atoms with Gasteiger partial charge in [-0.2, -0.15) is 0 Å². The molecule has 0 bridgehead atoms. The highest BCUT2D eigenvalue weighted by atomic mass is 16.5. The van der Waals surface area contributed by atoms with Crippen molar-refractivity contribution < 1.29 is 14.2 Å². The second-order valence-electron chi connectivity index (χ2n) is 6.55. The van der Waals surface area contributed by atoms with Crippen LogP contribution in [-0.4, -0.2) is 31.8 Å². The van der Waals surface area contributed by atoms with Crippen molar-refractivity contribution in [1.29, 1.82) is 0 Å². The van der Waals surface area contributed by atoms with Crippen LogP contribution in [-0.2, 0) is 11.2 Å². The first-order chi connectivity index (χ1) is 11.0. The first-order valence-electron chi connectivity index (χ1n) is 8.58. The molecular formula is C19H29NO3. The monoisotopic (exact) mass is 319 g/mol. The number of nitrogens with zero attached hydrogens (tertiary/aromatic N) is 1. The maximum atomic E-state index is 6.07. The number of aliphatic imine (C=N–C) groups is 1. The Balaban J connectivity index is 2.33. The summed E-state index contributed by atoms with van der Waals surface area (Å²) in [6.45, 7) is 9.80. The predicted octanol–water partition coefficient (Wildman–Crippen LogP) is 4.38. The van der Waals surface area contributed by atoms with Crippen molar-refractivity contribution in [2.45, 2.75) is 58.9 Å². The number of methoxy groups -OCH3 is 1. The smallest absolute Gasteiger partial charge is 0.217 e. The van der Waals surface area contributed by atoms with Gasteiger partial charge < -0.3 is 14.2 Å². The normalized spacial score (nSPS) is 16.0. The van der Waals surface area contributed by atoms with Crippen LogP contribution >= 0.6 is 0 Å². The molecule has 1 aromatic rings. The second kappa shape index (κ2) is 7.71. The largest absolute Gasteiger partial charge is 0.493 e. The Labute approximate surface area is 139 Å². The lowest BCUT2D eigenvalue weighted by Gasteiger charge is -2.17. The fourth-order valence-electron chi connectivity index (χ4n) is 2.73. The molecule has 1 heterocycles. The van der Waals surface area contributed by atoms with Gasteiger partial charge in [-0.3, -0.25) is 0 Å². The van der Waals surface area contributed by atoms with Gasteiger partial charge in [0.2, 0.25) is 5.90 Å². The maximum absolute atomic E-state index is 6.07. The van der Waals surface area contributed by atoms with E-state index in [9.17, 15) is 0 Å². The highest BCUT2D eigenvalue weighted by Gasteiger charge is 2.29. The fourth-order valence-corrected chi connectivity index (χ4v) is 2.73. The summed E-state index contributed by atoms with van der Waals surface area (Å²) in [6, 6.07) is 3.97. The molecule has 0 spiro atoms. The zero-order valence-corrected chi connectivity index (χ0v) is 15.1. The number of unbranched alkanes of at least 4 members (excludes halogenated alkanes) is 2. The van der Waals surface area contributed by atoms with Crippen molar-refractivity contribution in [1.82, 2.24) is 0 Å². The van der Waals surface area contributed by atoms with Gasteiger partial charge in [0.25, 0.3) is 0 Å². The predicted molar refractivity (Wildman–Crippen MR) is 94.0 cm³/mol. The second-order valence-corrected chi connectivity index (χ2v) is 6.55. The lowest BCUT2D eigenvalue weighted by Crippen LogP contribution is -2.17. The van der Waals surface area contributed by atoms with E-state index < -0.39 is 0 Å². The molecule has 0 fully saturated rings. The van der Waals surface area contributed by atoms with Crippen LogP contribution in [0.15, 0.2) is 17.1 Å². The third-order valence-electron chi connectivity index (χ3n) is 3.99. The lowest BCUT2D eigenvalue weighted by molar-refractivity contribution is 0.276. The molecule has 0 saturated heterocycles. The topological polar surface area (TPSA) is 40.0 Å². The molecule has 0 radical (unpaired) electrons. The molecule has 23 heavy (non-hydrogen) atoms. The van der Waals surface area contributed by atoms with Crippen LogP contribution in [0, 0.1) is 0 Å². The minimum absolute atomic E-state index is 0.164. The van der Waals surface area contributed by atoms with Crippen LogP contribution in [0.5, 0.6) is 11.5 Å². The summed E-state index contributed by atoms with van der Waals surface area (Å²) >= 11 is 0. The summed E-state index contributed by atoms with van der Waals surface area (Å²) in [7, 11) is 1.68. The molecule has 0 aliphatic carbocycles. The van der Waals surface area contributed by atoms with E-state index in [0.29, 0.717) is 19.1 Å². The Morgan fingerprint density at radius 2 is 2.00 bits per heavy atom. The Hall–Kier alpha value is -1.71. The molecule has 1 aliphatic rings. The molecule has 128 valence electrons. The number of ether oxygens (including phenoxy) is 3. The molecule has 2 rings (SSSR count). The summed E-state index contributed by atoms with van der Waals surface area (Å²) in [4.78, 5) is 4.70. The molecule has 0 unspecified atom stereocenters. The van der Waals surface area contributed by atoms with Gasteiger partial charge >= 0.3 is 0 Å². The molecule has 0 saturated carbocycles. The molecule has 0 atom stereocenters. The Morgan fingerprint density at radius 3 is 2.57 bits per heavy atom. The van der Waals surface area contributed by atoms with Crippen molar-refractivity contribution >= 4 is 5.90 Å². The number of hydrogen-bond acceptors (Lipinski definition) is 4. The van der Waals surface area contributed by atoms with Gasteiger partial charge in [-0.05, 0) is 38.8 Å². The third kappa shape index (κ3) is 4.18. The van der Waals surface area contributed by atoms with E-state index in [1.54, 1.807) is 7.11 Å². The van der Waals surface area contributed by atoms with Gasteiger partial charge in [0.15, 0.2) is 11.5 Å². The summed E-state index contributed by atoms with van der Waals surface area (Å²) in [5.41, 5.74) is 1.96. The minimum atomic E-state index is -0.164. The quantitative estimate of drug-likeness (QED) is 0.668. The molecule has 0 aromatic heterocycles. The van der Waals surface area contributed by atoms with Crippen LogP contribution in [0.25, 0.3) is 0 Å². The van der Waals surface area contributed by atoms with Gasteiger partial charge in [-0.25, -0.2) is 4.99 Å². The number of rotatable bonds is 8. The maximum Gasteiger partial charge on any atom is 0.217 e. The van der Waals surface area contributed by atoms with Gasteiger partial charge in [-0.1, -0.05) is 26.7 Å². The van der Waals surface area contributed by atoms with Gasteiger partial charge in [0.1, 0.15) is 6.61 Å². The van der Waals surface area contributed by atoms with E-state index >= 15 is 0 Å². The van der Waals surface area contributed by atoms with Gasteiger partial charge in [0.05, 0.1) is 19.3 Å². The summed E-state index contributed by atoms with van der Waals surface area (Å²) in [5.74, 6) is 2.33. The third-order valence-corrected chi connectivity index (χ3v) is 3.99. The van der Waals surface area contributed by atoms with Gasteiger partial charge in [-0.15, -0.1) is 0 Å². The van der Waals surface area contributed by atoms with E-state index in [1.165, 1.54) is 12.8 Å². The molecule has 1 aliphatic heterocycles. The van der Waals surface area contributed by atoms with E-state index in [2.05, 4.69) is 27.7 Å².